The van der Waals surface area contributed by atoms with Gasteiger partial charge in [0.15, 0.2) is 5.76 Å². The lowest BCUT2D eigenvalue weighted by Crippen LogP contribution is -2.41. The van der Waals surface area contributed by atoms with Gasteiger partial charge in [0.05, 0.1) is 0 Å². The number of aliphatic hydroxyl groups is 1. The molecule has 2 heterocycles. The second-order valence-electron chi connectivity index (χ2n) is 10.3. The van der Waals surface area contributed by atoms with Crippen molar-refractivity contribution in [3.63, 3.8) is 0 Å². The number of carbonyl (C=O) groups excluding carboxylic acids is 1. The molecular formula is C31H39NO4. The van der Waals surface area contributed by atoms with E-state index in [0.29, 0.717) is 18.8 Å². The smallest absolute Gasteiger partial charge is 0.288 e. The lowest BCUT2D eigenvalue weighted by atomic mass is 9.79. The minimum Gasteiger partial charge on any atom is -0.459 e. The van der Waals surface area contributed by atoms with Crippen LogP contribution in [-0.2, 0) is 20.7 Å². The maximum Gasteiger partial charge on any atom is 0.288 e. The molecule has 5 nitrogen and oxygen atoms in total. The molecule has 5 rings (SSSR count). The Kier molecular flexibility index (Phi) is 8.08. The molecule has 36 heavy (non-hydrogen) atoms. The second kappa shape index (κ2) is 11.6. The van der Waals surface area contributed by atoms with Crippen LogP contribution in [0.15, 0.2) is 54.3 Å². The van der Waals surface area contributed by atoms with Crippen LogP contribution >= 0.6 is 0 Å². The van der Waals surface area contributed by atoms with E-state index in [9.17, 15) is 9.90 Å². The zero-order chi connectivity index (χ0) is 24.9. The van der Waals surface area contributed by atoms with E-state index in [-0.39, 0.29) is 24.3 Å². The van der Waals surface area contributed by atoms with E-state index >= 15 is 0 Å². The summed E-state index contributed by atoms with van der Waals surface area (Å²) in [5.41, 5.74) is 6.51. The lowest BCUT2D eigenvalue weighted by molar-refractivity contribution is -0.170. The number of amides is 1. The summed E-state index contributed by atoms with van der Waals surface area (Å²) in [6.45, 7) is 4.18. The molecule has 1 fully saturated rings. The fraction of sp³-hybridized carbons (Fsp3) is 0.516. The second-order valence-corrected chi connectivity index (χ2v) is 10.3. The van der Waals surface area contributed by atoms with Gasteiger partial charge in [-0.25, -0.2) is 0 Å². The van der Waals surface area contributed by atoms with E-state index in [2.05, 4.69) is 42.5 Å². The Labute approximate surface area is 215 Å². The van der Waals surface area contributed by atoms with Crippen LogP contribution in [0.25, 0.3) is 11.1 Å². The zero-order valence-electron chi connectivity index (χ0n) is 21.5. The zero-order valence-corrected chi connectivity index (χ0v) is 21.5. The van der Waals surface area contributed by atoms with E-state index in [1.165, 1.54) is 47.1 Å². The van der Waals surface area contributed by atoms with E-state index in [4.69, 9.17) is 9.47 Å². The highest BCUT2D eigenvalue weighted by Gasteiger charge is 2.39. The molecule has 192 valence electrons. The topological polar surface area (TPSA) is 59.0 Å². The molecule has 1 N–H and O–H groups in total. The number of aliphatic hydroxyl groups excluding tert-OH is 1. The van der Waals surface area contributed by atoms with Gasteiger partial charge in [0, 0.05) is 38.1 Å². The third kappa shape index (κ3) is 5.23. The number of rotatable bonds is 7. The van der Waals surface area contributed by atoms with Crippen molar-refractivity contribution in [1.82, 2.24) is 4.90 Å². The normalized spacial score (nSPS) is 23.7. The average molecular weight is 490 g/mol. The van der Waals surface area contributed by atoms with Gasteiger partial charge >= 0.3 is 0 Å². The molecular weight excluding hydrogens is 450 g/mol. The molecule has 5 heteroatoms. The van der Waals surface area contributed by atoms with Crippen LogP contribution in [0.3, 0.4) is 0 Å². The van der Waals surface area contributed by atoms with Crippen LogP contribution in [0.1, 0.15) is 74.5 Å². The van der Waals surface area contributed by atoms with Crippen LogP contribution in [-0.4, -0.2) is 48.5 Å². The number of hydrogen-bond donors (Lipinski definition) is 1. The van der Waals surface area contributed by atoms with Gasteiger partial charge in [-0.05, 0) is 72.9 Å². The van der Waals surface area contributed by atoms with Crippen molar-refractivity contribution < 1.29 is 19.4 Å². The Morgan fingerprint density at radius 1 is 1.03 bits per heavy atom. The van der Waals surface area contributed by atoms with Crippen molar-refractivity contribution in [3.8, 4) is 11.1 Å². The Morgan fingerprint density at radius 3 is 2.56 bits per heavy atom. The Bertz CT molecular complexity index is 1090. The first-order valence-corrected chi connectivity index (χ1v) is 13.8. The van der Waals surface area contributed by atoms with Crippen molar-refractivity contribution in [2.75, 3.05) is 26.3 Å². The summed E-state index contributed by atoms with van der Waals surface area (Å²) in [6, 6.07) is 15.4. The molecule has 2 aromatic carbocycles. The van der Waals surface area contributed by atoms with Gasteiger partial charge < -0.3 is 19.5 Å². The molecule has 3 atom stereocenters. The van der Waals surface area contributed by atoms with Gasteiger partial charge in [0.25, 0.3) is 5.91 Å². The quantitative estimate of drug-likeness (QED) is 0.456. The summed E-state index contributed by atoms with van der Waals surface area (Å²) in [6.07, 6.45) is 9.61. The summed E-state index contributed by atoms with van der Waals surface area (Å²) in [4.78, 5) is 15.6. The summed E-state index contributed by atoms with van der Waals surface area (Å²) in [7, 11) is 0. The van der Waals surface area contributed by atoms with Gasteiger partial charge in [0.2, 0.25) is 6.29 Å². The number of ether oxygens (including phenoxy) is 2. The number of allylic oxidation sites excluding steroid dienone is 1. The maximum absolute atomic E-state index is 13.6. The minimum atomic E-state index is -0.504. The number of carbonyl (C=O) groups is 1. The van der Waals surface area contributed by atoms with Crippen molar-refractivity contribution >= 4 is 5.91 Å². The predicted octanol–water partition coefficient (Wildman–Crippen LogP) is 5.80. The number of benzene rings is 2. The fourth-order valence-corrected chi connectivity index (χ4v) is 6.12. The molecule has 2 aromatic rings. The summed E-state index contributed by atoms with van der Waals surface area (Å²) in [5, 5.41) is 9.60. The number of likely N-dealkylation sites (tertiary alicyclic amines) is 1. The van der Waals surface area contributed by atoms with Crippen molar-refractivity contribution in [3.05, 3.63) is 71.0 Å². The highest BCUT2D eigenvalue weighted by Crippen LogP contribution is 2.43. The van der Waals surface area contributed by atoms with E-state index in [1.54, 1.807) is 0 Å². The monoisotopic (exact) mass is 489 g/mol. The molecule has 2 aliphatic heterocycles. The lowest BCUT2D eigenvalue weighted by Gasteiger charge is -2.38. The molecule has 1 saturated heterocycles. The van der Waals surface area contributed by atoms with E-state index in [0.717, 1.165) is 38.8 Å². The molecule has 0 unspecified atom stereocenters. The molecule has 0 saturated carbocycles. The first-order chi connectivity index (χ1) is 17.7. The number of fused-ring (bicyclic) bond motifs is 3. The van der Waals surface area contributed by atoms with E-state index in [1.807, 2.05) is 17.9 Å². The summed E-state index contributed by atoms with van der Waals surface area (Å²) < 4.78 is 12.4. The third-order valence-electron chi connectivity index (χ3n) is 7.97. The molecule has 0 aromatic heterocycles. The number of nitrogens with zero attached hydrogens (tertiary/aromatic N) is 1. The number of hydrogen-bond acceptors (Lipinski definition) is 4. The van der Waals surface area contributed by atoms with Crippen molar-refractivity contribution in [1.29, 1.82) is 0 Å². The van der Waals surface area contributed by atoms with Crippen molar-refractivity contribution in [2.24, 2.45) is 5.92 Å². The van der Waals surface area contributed by atoms with Gasteiger partial charge in [0.1, 0.15) is 0 Å². The van der Waals surface area contributed by atoms with E-state index < -0.39 is 6.29 Å². The summed E-state index contributed by atoms with van der Waals surface area (Å²) in [5.74, 6) is 0.427. The van der Waals surface area contributed by atoms with Crippen LogP contribution < -0.4 is 0 Å². The minimum absolute atomic E-state index is 0.00966. The fourth-order valence-electron chi connectivity index (χ4n) is 6.12. The Hall–Kier alpha value is -2.63. The molecule has 1 aliphatic carbocycles. The van der Waals surface area contributed by atoms with Crippen molar-refractivity contribution in [2.45, 2.75) is 70.5 Å². The molecule has 0 bridgehead atoms. The third-order valence-corrected chi connectivity index (χ3v) is 7.97. The maximum atomic E-state index is 13.6. The highest BCUT2D eigenvalue weighted by atomic mass is 16.7. The molecule has 0 spiro atoms. The van der Waals surface area contributed by atoms with Crippen LogP contribution in [0.2, 0.25) is 0 Å². The Morgan fingerprint density at radius 2 is 1.78 bits per heavy atom. The SMILES string of the molecule is CCO[C@H]1OC(C(=O)N2CCCCCCC2)=C[C@@H](c2ccc3c(c2)Cc2ccccc2-3)[C@H]1CCCO. The highest BCUT2D eigenvalue weighted by molar-refractivity contribution is 5.92. The molecule has 3 aliphatic rings. The van der Waals surface area contributed by atoms with Gasteiger partial charge in [-0.3, -0.25) is 4.79 Å². The average Bonchev–Trinajstić information content (AvgIpc) is 3.25. The first-order valence-electron chi connectivity index (χ1n) is 13.8. The van der Waals surface area contributed by atoms with Crippen LogP contribution in [0, 0.1) is 5.92 Å². The molecule has 1 amide bonds. The largest absolute Gasteiger partial charge is 0.459 e. The van der Waals surface area contributed by atoms with Crippen LogP contribution in [0.4, 0.5) is 0 Å². The standard InChI is InChI=1S/C31H39NO4/c1-2-35-31-27(13-10-18-33)28(21-29(36-31)30(34)32-16-8-4-3-5-9-17-32)23-14-15-26-24(20-23)19-22-11-6-7-12-25(22)26/h6-7,11-12,14-15,20-21,27-28,31,33H,2-5,8-10,13,16-19H2,1H3/t27-,28+,31+/m1/s1. The Balaban J connectivity index is 1.49. The van der Waals surface area contributed by atoms with Crippen LogP contribution in [0.5, 0.6) is 0 Å². The summed E-state index contributed by atoms with van der Waals surface area (Å²) >= 11 is 0. The first kappa shape index (κ1) is 25.0. The predicted molar refractivity (Wildman–Crippen MR) is 141 cm³/mol. The van der Waals surface area contributed by atoms with Gasteiger partial charge in [-0.1, -0.05) is 61.7 Å². The molecule has 0 radical (unpaired) electrons. The van der Waals surface area contributed by atoms with Gasteiger partial charge in [-0.2, -0.15) is 0 Å². The van der Waals surface area contributed by atoms with Gasteiger partial charge in [-0.15, -0.1) is 0 Å².